The summed E-state index contributed by atoms with van der Waals surface area (Å²) in [5.41, 5.74) is 2.02. The Hall–Kier alpha value is -3.15. The summed E-state index contributed by atoms with van der Waals surface area (Å²) in [6, 6.07) is 16.4. The van der Waals surface area contributed by atoms with Crippen molar-refractivity contribution >= 4 is 23.5 Å². The largest absolute Gasteiger partial charge is 0.465 e. The minimum atomic E-state index is -0.460. The average Bonchev–Trinajstić information content (AvgIpc) is 3.09. The summed E-state index contributed by atoms with van der Waals surface area (Å²) in [7, 11) is 3.06. The van der Waals surface area contributed by atoms with Gasteiger partial charge in [0.1, 0.15) is 0 Å². The van der Waals surface area contributed by atoms with E-state index in [1.807, 2.05) is 30.3 Å². The molecule has 1 aliphatic rings. The number of esters is 1. The summed E-state index contributed by atoms with van der Waals surface area (Å²) in [6.07, 6.45) is 0.167. The summed E-state index contributed by atoms with van der Waals surface area (Å²) < 4.78 is 4.72. The fourth-order valence-corrected chi connectivity index (χ4v) is 3.29. The van der Waals surface area contributed by atoms with Crippen LogP contribution in [0.1, 0.15) is 22.3 Å². The topological polar surface area (TPSA) is 66.9 Å². The van der Waals surface area contributed by atoms with Gasteiger partial charge in [-0.1, -0.05) is 36.4 Å². The Bertz CT molecular complexity index is 850. The fourth-order valence-electron chi connectivity index (χ4n) is 3.29. The normalized spacial score (nSPS) is 16.3. The lowest BCUT2D eigenvalue weighted by Gasteiger charge is -2.22. The van der Waals surface area contributed by atoms with Crippen molar-refractivity contribution in [1.82, 2.24) is 4.90 Å². The zero-order chi connectivity index (χ0) is 19.4. The maximum absolute atomic E-state index is 12.8. The van der Waals surface area contributed by atoms with Crippen molar-refractivity contribution in [2.75, 3.05) is 25.6 Å². The lowest BCUT2D eigenvalue weighted by molar-refractivity contribution is -0.135. The van der Waals surface area contributed by atoms with E-state index in [4.69, 9.17) is 4.74 Å². The van der Waals surface area contributed by atoms with Gasteiger partial charge in [0.05, 0.1) is 18.6 Å². The van der Waals surface area contributed by atoms with Gasteiger partial charge in [0.15, 0.2) is 0 Å². The van der Waals surface area contributed by atoms with Crippen molar-refractivity contribution in [2.45, 2.75) is 13.0 Å². The van der Waals surface area contributed by atoms with Gasteiger partial charge in [-0.05, 0) is 23.8 Å². The van der Waals surface area contributed by atoms with E-state index in [2.05, 4.69) is 0 Å². The molecule has 2 amide bonds. The van der Waals surface area contributed by atoms with Crippen molar-refractivity contribution in [3.05, 3.63) is 65.7 Å². The highest BCUT2D eigenvalue weighted by molar-refractivity contribution is 6.01. The molecule has 1 heterocycles. The van der Waals surface area contributed by atoms with Crippen molar-refractivity contribution < 1.29 is 19.1 Å². The van der Waals surface area contributed by atoms with E-state index in [1.165, 1.54) is 7.11 Å². The zero-order valence-electron chi connectivity index (χ0n) is 15.4. The first-order valence-corrected chi connectivity index (χ1v) is 8.77. The molecule has 0 aromatic heterocycles. The molecule has 6 nitrogen and oxygen atoms in total. The predicted octanol–water partition coefficient (Wildman–Crippen LogP) is 2.48. The van der Waals surface area contributed by atoms with Crippen molar-refractivity contribution in [3.63, 3.8) is 0 Å². The second-order valence-corrected chi connectivity index (χ2v) is 6.63. The Kier molecular flexibility index (Phi) is 5.54. The maximum Gasteiger partial charge on any atom is 0.337 e. The summed E-state index contributed by atoms with van der Waals surface area (Å²) in [6.45, 7) is 0.809. The van der Waals surface area contributed by atoms with Crippen LogP contribution in [-0.4, -0.2) is 43.4 Å². The lowest BCUT2D eigenvalue weighted by atomic mass is 10.1. The number of methoxy groups -OCH3 is 1. The molecule has 0 N–H and O–H groups in total. The predicted molar refractivity (Wildman–Crippen MR) is 101 cm³/mol. The third kappa shape index (κ3) is 4.16. The van der Waals surface area contributed by atoms with Crippen LogP contribution in [0.5, 0.6) is 0 Å². The molecule has 2 aromatic carbocycles. The Morgan fingerprint density at radius 2 is 1.89 bits per heavy atom. The van der Waals surface area contributed by atoms with Crippen LogP contribution in [-0.2, 0) is 20.9 Å². The molecule has 1 atom stereocenters. The third-order valence-corrected chi connectivity index (χ3v) is 4.69. The number of hydrogen-bond acceptors (Lipinski definition) is 4. The zero-order valence-corrected chi connectivity index (χ0v) is 15.4. The van der Waals surface area contributed by atoms with Gasteiger partial charge >= 0.3 is 5.97 Å². The second-order valence-electron chi connectivity index (χ2n) is 6.63. The summed E-state index contributed by atoms with van der Waals surface area (Å²) in [4.78, 5) is 40.2. The summed E-state index contributed by atoms with van der Waals surface area (Å²) in [5, 5.41) is 0. The molecule has 0 bridgehead atoms. The molecule has 6 heteroatoms. The molecule has 1 unspecified atom stereocenters. The van der Waals surface area contributed by atoms with Crippen molar-refractivity contribution in [1.29, 1.82) is 0 Å². The number of ether oxygens (including phenoxy) is 1. The highest BCUT2D eigenvalue weighted by atomic mass is 16.5. The molecule has 0 saturated carbocycles. The van der Waals surface area contributed by atoms with Gasteiger partial charge in [-0.15, -0.1) is 0 Å². The van der Waals surface area contributed by atoms with Crippen LogP contribution >= 0.6 is 0 Å². The Morgan fingerprint density at radius 1 is 1.15 bits per heavy atom. The molecule has 0 radical (unpaired) electrons. The van der Waals surface area contributed by atoms with E-state index >= 15 is 0 Å². The molecular weight excluding hydrogens is 344 g/mol. The molecule has 27 heavy (non-hydrogen) atoms. The van der Waals surface area contributed by atoms with E-state index in [0.717, 1.165) is 5.56 Å². The Labute approximate surface area is 158 Å². The molecule has 0 spiro atoms. The molecule has 0 aliphatic carbocycles. The van der Waals surface area contributed by atoms with Gasteiger partial charge < -0.3 is 14.5 Å². The van der Waals surface area contributed by atoms with Crippen LogP contribution in [0.2, 0.25) is 0 Å². The fraction of sp³-hybridized carbons (Fsp3) is 0.286. The number of benzene rings is 2. The first-order chi connectivity index (χ1) is 13.0. The molecule has 3 rings (SSSR count). The number of carbonyl (C=O) groups excluding carboxylic acids is 3. The minimum absolute atomic E-state index is 0.0566. The number of carbonyl (C=O) groups is 3. The van der Waals surface area contributed by atoms with Crippen LogP contribution in [0.25, 0.3) is 0 Å². The highest BCUT2D eigenvalue weighted by Crippen LogP contribution is 2.27. The number of anilines is 1. The van der Waals surface area contributed by atoms with Gasteiger partial charge in [-0.3, -0.25) is 9.59 Å². The molecule has 1 fully saturated rings. The Balaban J connectivity index is 1.70. The summed E-state index contributed by atoms with van der Waals surface area (Å²) >= 11 is 0. The minimum Gasteiger partial charge on any atom is -0.465 e. The second kappa shape index (κ2) is 8.03. The van der Waals surface area contributed by atoms with Gasteiger partial charge in [-0.2, -0.15) is 0 Å². The summed E-state index contributed by atoms with van der Waals surface area (Å²) in [5.74, 6) is -1.03. The van der Waals surface area contributed by atoms with Crippen LogP contribution in [0, 0.1) is 5.92 Å². The van der Waals surface area contributed by atoms with Gasteiger partial charge in [0.25, 0.3) is 0 Å². The molecular formula is C21H22N2O4. The standard InChI is InChI=1S/C21H22N2O4/c1-22(13-15-7-4-3-5-8-15)20(25)17-12-19(24)23(14-17)18-10-6-9-16(11-18)21(26)27-2/h3-11,17H,12-14H2,1-2H3. The maximum atomic E-state index is 12.8. The number of amides is 2. The number of nitrogens with zero attached hydrogens (tertiary/aromatic N) is 2. The highest BCUT2D eigenvalue weighted by Gasteiger charge is 2.36. The van der Waals surface area contributed by atoms with E-state index in [9.17, 15) is 14.4 Å². The first-order valence-electron chi connectivity index (χ1n) is 8.77. The number of rotatable bonds is 5. The van der Waals surface area contributed by atoms with Crippen molar-refractivity contribution in [3.8, 4) is 0 Å². The van der Waals surface area contributed by atoms with E-state index < -0.39 is 11.9 Å². The molecule has 2 aromatic rings. The van der Waals surface area contributed by atoms with Crippen LogP contribution < -0.4 is 4.90 Å². The SMILES string of the molecule is COC(=O)c1cccc(N2CC(C(=O)N(C)Cc3ccccc3)CC2=O)c1. The Morgan fingerprint density at radius 3 is 2.59 bits per heavy atom. The number of hydrogen-bond donors (Lipinski definition) is 0. The first kappa shape index (κ1) is 18.6. The molecule has 1 aliphatic heterocycles. The van der Waals surface area contributed by atoms with Gasteiger partial charge in [0, 0.05) is 32.2 Å². The van der Waals surface area contributed by atoms with Crippen LogP contribution in [0.4, 0.5) is 5.69 Å². The van der Waals surface area contributed by atoms with Crippen molar-refractivity contribution in [2.24, 2.45) is 5.92 Å². The molecule has 140 valence electrons. The van der Waals surface area contributed by atoms with E-state index in [1.54, 1.807) is 41.1 Å². The third-order valence-electron chi connectivity index (χ3n) is 4.69. The van der Waals surface area contributed by atoms with Gasteiger partial charge in [-0.25, -0.2) is 4.79 Å². The monoisotopic (exact) mass is 366 g/mol. The lowest BCUT2D eigenvalue weighted by Crippen LogP contribution is -2.34. The molecule has 1 saturated heterocycles. The quantitative estimate of drug-likeness (QED) is 0.763. The van der Waals surface area contributed by atoms with E-state index in [-0.39, 0.29) is 18.2 Å². The van der Waals surface area contributed by atoms with Gasteiger partial charge in [0.2, 0.25) is 11.8 Å². The van der Waals surface area contributed by atoms with Crippen LogP contribution in [0.3, 0.4) is 0 Å². The van der Waals surface area contributed by atoms with E-state index in [0.29, 0.717) is 24.3 Å². The van der Waals surface area contributed by atoms with Crippen LogP contribution in [0.15, 0.2) is 54.6 Å². The smallest absolute Gasteiger partial charge is 0.337 e. The average molecular weight is 366 g/mol.